The van der Waals surface area contributed by atoms with E-state index < -0.39 is 12.8 Å². The summed E-state index contributed by atoms with van der Waals surface area (Å²) < 4.78 is 45.5. The zero-order valence-corrected chi connectivity index (χ0v) is 11.4. The first-order valence-corrected chi connectivity index (χ1v) is 6.49. The van der Waals surface area contributed by atoms with E-state index in [1.54, 1.807) is 18.2 Å². The molecule has 116 valence electrons. The molecule has 0 fully saturated rings. The van der Waals surface area contributed by atoms with E-state index in [9.17, 15) is 13.2 Å². The van der Waals surface area contributed by atoms with Crippen LogP contribution in [0.5, 0.6) is 5.75 Å². The highest BCUT2D eigenvalue weighted by atomic mass is 19.4. The molecule has 0 spiro atoms. The van der Waals surface area contributed by atoms with Crippen LogP contribution in [0.25, 0.3) is 0 Å². The van der Waals surface area contributed by atoms with Crippen molar-refractivity contribution in [3.63, 3.8) is 0 Å². The highest BCUT2D eigenvalue weighted by Crippen LogP contribution is 2.17. The van der Waals surface area contributed by atoms with Crippen LogP contribution in [0.2, 0.25) is 0 Å². The minimum atomic E-state index is -4.30. The number of hydrogen-bond donors (Lipinski definition) is 1. The van der Waals surface area contributed by atoms with Gasteiger partial charge in [-0.1, -0.05) is 24.0 Å². The first-order valence-electron chi connectivity index (χ1n) is 6.49. The lowest BCUT2D eigenvalue weighted by atomic mass is 10.2. The molecule has 1 aromatic carbocycles. The van der Waals surface area contributed by atoms with Crippen molar-refractivity contribution in [1.29, 1.82) is 0 Å². The van der Waals surface area contributed by atoms with Gasteiger partial charge in [0.25, 0.3) is 0 Å². The number of rotatable bonds is 7. The third kappa shape index (κ3) is 8.23. The summed E-state index contributed by atoms with van der Waals surface area (Å²) in [6, 6.07) is 7.11. The van der Waals surface area contributed by atoms with Gasteiger partial charge in [-0.05, 0) is 12.1 Å². The third-order valence-corrected chi connectivity index (χ3v) is 2.30. The van der Waals surface area contributed by atoms with Crippen LogP contribution in [0.3, 0.4) is 0 Å². The van der Waals surface area contributed by atoms with E-state index in [-0.39, 0.29) is 19.8 Å². The van der Waals surface area contributed by atoms with Crippen LogP contribution in [0.4, 0.5) is 13.2 Å². The normalized spacial score (nSPS) is 10.9. The topological polar surface area (TPSA) is 38.7 Å². The quantitative estimate of drug-likeness (QED) is 0.622. The first-order chi connectivity index (χ1) is 10.0. The lowest BCUT2D eigenvalue weighted by Crippen LogP contribution is -2.18. The molecule has 0 unspecified atom stereocenters. The van der Waals surface area contributed by atoms with Crippen LogP contribution in [0.15, 0.2) is 24.3 Å². The fraction of sp³-hybridized carbons (Fsp3) is 0.467. The lowest BCUT2D eigenvalue weighted by molar-refractivity contribution is -0.174. The summed E-state index contributed by atoms with van der Waals surface area (Å²) in [4.78, 5) is 0. The zero-order valence-electron chi connectivity index (χ0n) is 11.4. The predicted molar refractivity (Wildman–Crippen MR) is 72.0 cm³/mol. The second-order valence-electron chi connectivity index (χ2n) is 4.14. The summed E-state index contributed by atoms with van der Waals surface area (Å²) in [6.07, 6.45) is -3.57. The Morgan fingerprint density at radius 1 is 1.14 bits per heavy atom. The van der Waals surface area contributed by atoms with Gasteiger partial charge in [-0.3, -0.25) is 0 Å². The van der Waals surface area contributed by atoms with E-state index in [0.717, 1.165) is 0 Å². The summed E-state index contributed by atoms with van der Waals surface area (Å²) in [5.74, 6) is 6.23. The number of alkyl halides is 3. The number of hydrogen-bond acceptors (Lipinski definition) is 3. The van der Waals surface area contributed by atoms with Gasteiger partial charge in [0.2, 0.25) is 0 Å². The molecule has 0 aliphatic heterocycles. The Hall–Kier alpha value is -1.71. The maximum absolute atomic E-state index is 11.8. The molecule has 0 saturated carbocycles. The number of benzene rings is 1. The fourth-order valence-electron chi connectivity index (χ4n) is 1.44. The van der Waals surface area contributed by atoms with Crippen LogP contribution in [-0.2, 0) is 4.74 Å². The summed E-state index contributed by atoms with van der Waals surface area (Å²) in [5.41, 5.74) is 0.683. The molecule has 0 heterocycles. The Bertz CT molecular complexity index is 475. The van der Waals surface area contributed by atoms with E-state index in [1.807, 2.05) is 6.07 Å². The number of ether oxygens (including phenoxy) is 2. The zero-order chi connectivity index (χ0) is 15.6. The van der Waals surface area contributed by atoms with Crippen molar-refractivity contribution in [3.8, 4) is 17.6 Å². The molecule has 0 atom stereocenters. The van der Waals surface area contributed by atoms with Gasteiger partial charge in [0.15, 0.2) is 0 Å². The maximum atomic E-state index is 11.8. The van der Waals surface area contributed by atoms with Gasteiger partial charge in [0.05, 0.1) is 25.4 Å². The summed E-state index contributed by atoms with van der Waals surface area (Å²) in [6.45, 7) is -1.02. The van der Waals surface area contributed by atoms with E-state index in [1.165, 1.54) is 0 Å². The molecule has 0 aliphatic rings. The number of halogens is 3. The first kappa shape index (κ1) is 17.3. The van der Waals surface area contributed by atoms with E-state index >= 15 is 0 Å². The van der Waals surface area contributed by atoms with Gasteiger partial charge in [-0.2, -0.15) is 13.2 Å². The molecular formula is C15H17F3O3. The molecular weight excluding hydrogens is 285 g/mol. The molecule has 0 aliphatic carbocycles. The molecule has 21 heavy (non-hydrogen) atoms. The van der Waals surface area contributed by atoms with Crippen molar-refractivity contribution in [2.75, 3.05) is 26.4 Å². The summed E-state index contributed by atoms with van der Waals surface area (Å²) in [7, 11) is 0. The number of para-hydroxylation sites is 1. The van der Waals surface area contributed by atoms with Gasteiger partial charge in [0.1, 0.15) is 12.4 Å². The Morgan fingerprint density at radius 2 is 1.90 bits per heavy atom. The van der Waals surface area contributed by atoms with Crippen LogP contribution < -0.4 is 4.74 Å². The largest absolute Gasteiger partial charge is 0.492 e. The monoisotopic (exact) mass is 302 g/mol. The Balaban J connectivity index is 2.34. The lowest BCUT2D eigenvalue weighted by Gasteiger charge is -2.09. The van der Waals surface area contributed by atoms with Gasteiger partial charge < -0.3 is 14.6 Å². The Morgan fingerprint density at radius 3 is 2.62 bits per heavy atom. The van der Waals surface area contributed by atoms with E-state index in [4.69, 9.17) is 9.84 Å². The summed E-state index contributed by atoms with van der Waals surface area (Å²) >= 11 is 0. The highest BCUT2D eigenvalue weighted by Gasteiger charge is 2.27. The van der Waals surface area contributed by atoms with Crippen LogP contribution in [-0.4, -0.2) is 37.7 Å². The molecule has 0 aromatic heterocycles. The van der Waals surface area contributed by atoms with Crippen LogP contribution >= 0.6 is 0 Å². The van der Waals surface area contributed by atoms with Gasteiger partial charge in [0, 0.05) is 12.8 Å². The fourth-order valence-corrected chi connectivity index (χ4v) is 1.44. The minimum Gasteiger partial charge on any atom is -0.492 e. The maximum Gasteiger partial charge on any atom is 0.411 e. The number of aliphatic hydroxyl groups excluding tert-OH is 1. The molecule has 6 heteroatoms. The van der Waals surface area contributed by atoms with E-state index in [2.05, 4.69) is 16.6 Å². The minimum absolute atomic E-state index is 0.00737. The van der Waals surface area contributed by atoms with Crippen molar-refractivity contribution in [1.82, 2.24) is 0 Å². The number of aliphatic hydroxyl groups is 1. The van der Waals surface area contributed by atoms with Crippen LogP contribution in [0.1, 0.15) is 18.4 Å². The third-order valence-electron chi connectivity index (χ3n) is 2.30. The second-order valence-corrected chi connectivity index (χ2v) is 4.14. The van der Waals surface area contributed by atoms with Crippen molar-refractivity contribution in [2.24, 2.45) is 0 Å². The Kier molecular flexibility index (Phi) is 7.65. The highest BCUT2D eigenvalue weighted by molar-refractivity contribution is 5.45. The average molecular weight is 302 g/mol. The van der Waals surface area contributed by atoms with Crippen LogP contribution in [0, 0.1) is 11.8 Å². The molecule has 3 nitrogen and oxygen atoms in total. The summed E-state index contributed by atoms with van der Waals surface area (Å²) in [5, 5.41) is 8.67. The van der Waals surface area contributed by atoms with Gasteiger partial charge in [-0.25, -0.2) is 0 Å². The molecule has 0 radical (unpaired) electrons. The SMILES string of the molecule is OCCC#Cc1ccccc1OCCCOCC(F)(F)F. The van der Waals surface area contributed by atoms with Crippen molar-refractivity contribution >= 4 is 0 Å². The molecule has 1 rings (SSSR count). The molecule has 0 saturated heterocycles. The molecule has 0 bridgehead atoms. The molecule has 1 N–H and O–H groups in total. The molecule has 0 amide bonds. The predicted octanol–water partition coefficient (Wildman–Crippen LogP) is 2.77. The standard InChI is InChI=1S/C15H17F3O3/c16-15(17,18)12-20-10-5-11-21-14-8-2-1-6-13(14)7-3-4-9-19/h1-2,6,8,19H,4-5,9-12H2. The smallest absolute Gasteiger partial charge is 0.411 e. The van der Waals surface area contributed by atoms with E-state index in [0.29, 0.717) is 24.2 Å². The van der Waals surface area contributed by atoms with Gasteiger partial charge >= 0.3 is 6.18 Å². The van der Waals surface area contributed by atoms with Gasteiger partial charge in [-0.15, -0.1) is 0 Å². The second kappa shape index (κ2) is 9.27. The average Bonchev–Trinajstić information content (AvgIpc) is 2.43. The van der Waals surface area contributed by atoms with Crippen molar-refractivity contribution < 1.29 is 27.8 Å². The Labute approximate surface area is 121 Å². The van der Waals surface area contributed by atoms with Crippen molar-refractivity contribution in [3.05, 3.63) is 29.8 Å². The molecule has 1 aromatic rings. The van der Waals surface area contributed by atoms with Crippen molar-refractivity contribution in [2.45, 2.75) is 19.0 Å².